The van der Waals surface area contributed by atoms with Crippen molar-refractivity contribution in [3.05, 3.63) is 66.4 Å². The summed E-state index contributed by atoms with van der Waals surface area (Å²) in [7, 11) is -3.28. The number of nitrogens with zero attached hydrogens (tertiary/aromatic N) is 2. The summed E-state index contributed by atoms with van der Waals surface area (Å²) in [5, 5.41) is 0. The average Bonchev–Trinajstić information content (AvgIpc) is 2.79. The fraction of sp³-hybridized carbons (Fsp3) is 0.231. The fourth-order valence-corrected chi connectivity index (χ4v) is 4.47. The molecule has 33 heavy (non-hydrogen) atoms. The van der Waals surface area contributed by atoms with Crippen LogP contribution in [0.5, 0.6) is 11.5 Å². The molecule has 0 spiro atoms. The molecule has 1 aromatic heterocycles. The Kier molecular flexibility index (Phi) is 6.33. The van der Waals surface area contributed by atoms with Crippen LogP contribution >= 0.6 is 0 Å². The summed E-state index contributed by atoms with van der Waals surface area (Å²) in [4.78, 5) is 9.87. The van der Waals surface area contributed by atoms with Crippen molar-refractivity contribution >= 4 is 20.9 Å². The predicted molar refractivity (Wildman–Crippen MR) is 131 cm³/mol. The van der Waals surface area contributed by atoms with Gasteiger partial charge in [-0.2, -0.15) is 0 Å². The number of ether oxygens (including phenoxy) is 2. The zero-order chi connectivity index (χ0) is 23.6. The SMILES string of the molecule is CCOc1ccc(-c2cnc3cccc(-c4ccc(S(C)(=O)=O)cc4C)c3n2)cc1OCC. The first-order valence-corrected chi connectivity index (χ1v) is 12.7. The number of sulfone groups is 1. The zero-order valence-corrected chi connectivity index (χ0v) is 19.9. The van der Waals surface area contributed by atoms with Crippen molar-refractivity contribution in [3.63, 3.8) is 0 Å². The van der Waals surface area contributed by atoms with Gasteiger partial charge in [-0.1, -0.05) is 18.2 Å². The van der Waals surface area contributed by atoms with Gasteiger partial charge < -0.3 is 9.47 Å². The molecule has 7 heteroatoms. The van der Waals surface area contributed by atoms with Crippen LogP contribution in [0.25, 0.3) is 33.4 Å². The number of aryl methyl sites for hydroxylation is 1. The van der Waals surface area contributed by atoms with Crippen molar-refractivity contribution in [2.24, 2.45) is 0 Å². The molecular formula is C26H26N2O4S. The van der Waals surface area contributed by atoms with Crippen LogP contribution in [0.4, 0.5) is 0 Å². The smallest absolute Gasteiger partial charge is 0.175 e. The minimum atomic E-state index is -3.28. The van der Waals surface area contributed by atoms with Gasteiger partial charge in [0.05, 0.1) is 41.0 Å². The van der Waals surface area contributed by atoms with E-state index in [1.807, 2.05) is 63.2 Å². The van der Waals surface area contributed by atoms with E-state index in [4.69, 9.17) is 14.5 Å². The molecule has 3 aromatic carbocycles. The Morgan fingerprint density at radius 2 is 1.64 bits per heavy atom. The second-order valence-corrected chi connectivity index (χ2v) is 9.72. The Hall–Kier alpha value is -3.45. The summed E-state index contributed by atoms with van der Waals surface area (Å²) >= 11 is 0. The molecule has 0 amide bonds. The lowest BCUT2D eigenvalue weighted by Crippen LogP contribution is -1.99. The maximum atomic E-state index is 11.9. The van der Waals surface area contributed by atoms with E-state index in [2.05, 4.69) is 4.98 Å². The standard InChI is InChI=1S/C26H26N2O4S/c1-5-31-24-13-10-18(15-25(24)32-6-2)23-16-27-22-9-7-8-21(26(22)28-23)20-12-11-19(14-17(20)3)33(4,29)30/h7-16H,5-6H2,1-4H3. The summed E-state index contributed by atoms with van der Waals surface area (Å²) in [5.74, 6) is 1.36. The Morgan fingerprint density at radius 1 is 0.879 bits per heavy atom. The van der Waals surface area contributed by atoms with Gasteiger partial charge >= 0.3 is 0 Å². The topological polar surface area (TPSA) is 78.4 Å². The molecule has 0 atom stereocenters. The summed E-state index contributed by atoms with van der Waals surface area (Å²) < 4.78 is 35.3. The van der Waals surface area contributed by atoms with Gasteiger partial charge in [0.1, 0.15) is 0 Å². The maximum Gasteiger partial charge on any atom is 0.175 e. The fourth-order valence-electron chi connectivity index (χ4n) is 3.77. The average molecular weight is 463 g/mol. The van der Waals surface area contributed by atoms with E-state index in [1.165, 1.54) is 6.26 Å². The van der Waals surface area contributed by atoms with Gasteiger partial charge in [0.25, 0.3) is 0 Å². The van der Waals surface area contributed by atoms with Crippen LogP contribution in [-0.2, 0) is 9.84 Å². The van der Waals surface area contributed by atoms with Crippen LogP contribution in [0.1, 0.15) is 19.4 Å². The van der Waals surface area contributed by atoms with Gasteiger partial charge in [-0.15, -0.1) is 0 Å². The Bertz CT molecular complexity index is 1430. The monoisotopic (exact) mass is 462 g/mol. The summed E-state index contributed by atoms with van der Waals surface area (Å²) in [6.45, 7) is 6.85. The molecule has 0 fully saturated rings. The summed E-state index contributed by atoms with van der Waals surface area (Å²) in [6.07, 6.45) is 2.96. The first-order valence-electron chi connectivity index (χ1n) is 10.8. The van der Waals surface area contributed by atoms with Crippen LogP contribution in [0.15, 0.2) is 65.7 Å². The first kappa shape index (κ1) is 22.7. The molecule has 0 unspecified atom stereocenters. The highest BCUT2D eigenvalue weighted by Gasteiger charge is 2.15. The molecule has 0 saturated heterocycles. The second kappa shape index (κ2) is 9.19. The van der Waals surface area contributed by atoms with Gasteiger partial charge in [-0.25, -0.2) is 13.4 Å². The number of fused-ring (bicyclic) bond motifs is 1. The number of rotatable bonds is 7. The minimum Gasteiger partial charge on any atom is -0.490 e. The predicted octanol–water partition coefficient (Wildman–Crippen LogP) is 5.47. The highest BCUT2D eigenvalue weighted by atomic mass is 32.2. The second-order valence-electron chi connectivity index (χ2n) is 7.70. The molecular weight excluding hydrogens is 436 g/mol. The largest absolute Gasteiger partial charge is 0.490 e. The lowest BCUT2D eigenvalue weighted by atomic mass is 9.99. The molecule has 0 radical (unpaired) electrons. The Labute approximate surface area is 194 Å². The lowest BCUT2D eigenvalue weighted by molar-refractivity contribution is 0.288. The van der Waals surface area contributed by atoms with Gasteiger partial charge in [0, 0.05) is 17.4 Å². The van der Waals surface area contributed by atoms with Gasteiger partial charge in [0.15, 0.2) is 21.3 Å². The normalized spacial score (nSPS) is 11.5. The third-order valence-electron chi connectivity index (χ3n) is 5.33. The molecule has 0 aliphatic heterocycles. The third kappa shape index (κ3) is 4.68. The molecule has 0 aliphatic carbocycles. The van der Waals surface area contributed by atoms with E-state index in [0.29, 0.717) is 35.3 Å². The van der Waals surface area contributed by atoms with E-state index in [-0.39, 0.29) is 0 Å². The summed E-state index contributed by atoms with van der Waals surface area (Å²) in [5.41, 5.74) is 5.77. The van der Waals surface area contributed by atoms with Crippen LogP contribution in [0, 0.1) is 6.92 Å². The Balaban J connectivity index is 1.84. The van der Waals surface area contributed by atoms with Crippen LogP contribution < -0.4 is 9.47 Å². The number of para-hydroxylation sites is 1. The number of aromatic nitrogens is 2. The van der Waals surface area contributed by atoms with Gasteiger partial charge in [0.2, 0.25) is 0 Å². The molecule has 0 bridgehead atoms. The van der Waals surface area contributed by atoms with Crippen molar-refractivity contribution in [2.75, 3.05) is 19.5 Å². The van der Waals surface area contributed by atoms with Gasteiger partial charge in [-0.3, -0.25) is 4.98 Å². The molecule has 4 aromatic rings. The Morgan fingerprint density at radius 3 is 2.33 bits per heavy atom. The summed E-state index contributed by atoms with van der Waals surface area (Å²) in [6, 6.07) is 16.7. The van der Waals surface area contributed by atoms with Crippen molar-refractivity contribution in [1.29, 1.82) is 0 Å². The number of benzene rings is 3. The molecule has 6 nitrogen and oxygen atoms in total. The van der Waals surface area contributed by atoms with Crippen LogP contribution in [-0.4, -0.2) is 37.9 Å². The van der Waals surface area contributed by atoms with Crippen LogP contribution in [0.3, 0.4) is 0 Å². The van der Waals surface area contributed by atoms with Crippen molar-refractivity contribution in [2.45, 2.75) is 25.7 Å². The number of hydrogen-bond acceptors (Lipinski definition) is 6. The molecule has 170 valence electrons. The number of hydrogen-bond donors (Lipinski definition) is 0. The van der Waals surface area contributed by atoms with E-state index in [0.717, 1.165) is 33.3 Å². The molecule has 4 rings (SSSR count). The van der Waals surface area contributed by atoms with Gasteiger partial charge in [-0.05, 0) is 68.3 Å². The maximum absolute atomic E-state index is 11.9. The van der Waals surface area contributed by atoms with Crippen LogP contribution in [0.2, 0.25) is 0 Å². The molecule has 0 aliphatic rings. The highest BCUT2D eigenvalue weighted by Crippen LogP contribution is 2.35. The first-order chi connectivity index (χ1) is 15.8. The van der Waals surface area contributed by atoms with E-state index >= 15 is 0 Å². The van der Waals surface area contributed by atoms with E-state index < -0.39 is 9.84 Å². The molecule has 0 saturated carbocycles. The molecule has 1 heterocycles. The van der Waals surface area contributed by atoms with E-state index in [9.17, 15) is 8.42 Å². The van der Waals surface area contributed by atoms with Crippen molar-refractivity contribution in [3.8, 4) is 33.9 Å². The molecule has 0 N–H and O–H groups in total. The lowest BCUT2D eigenvalue weighted by Gasteiger charge is -2.13. The van der Waals surface area contributed by atoms with E-state index in [1.54, 1.807) is 18.3 Å². The highest BCUT2D eigenvalue weighted by molar-refractivity contribution is 7.90. The minimum absolute atomic E-state index is 0.300. The third-order valence-corrected chi connectivity index (χ3v) is 6.44. The quantitative estimate of drug-likeness (QED) is 0.362. The zero-order valence-electron chi connectivity index (χ0n) is 19.1. The van der Waals surface area contributed by atoms with Crippen molar-refractivity contribution in [1.82, 2.24) is 9.97 Å². The van der Waals surface area contributed by atoms with Crippen molar-refractivity contribution < 1.29 is 17.9 Å².